The first-order valence-corrected chi connectivity index (χ1v) is 7.47. The van der Waals surface area contributed by atoms with Gasteiger partial charge in [0.2, 0.25) is 5.91 Å². The van der Waals surface area contributed by atoms with E-state index in [0.717, 1.165) is 18.1 Å². The zero-order chi connectivity index (χ0) is 15.5. The summed E-state index contributed by atoms with van der Waals surface area (Å²) in [6.07, 6.45) is 2.46. The van der Waals surface area contributed by atoms with Gasteiger partial charge in [0.25, 0.3) is 0 Å². The summed E-state index contributed by atoms with van der Waals surface area (Å²) in [6.45, 7) is 0.561. The zero-order valence-electron chi connectivity index (χ0n) is 12.2. The summed E-state index contributed by atoms with van der Waals surface area (Å²) in [6, 6.07) is 12.1. The van der Waals surface area contributed by atoms with E-state index in [9.17, 15) is 13.6 Å². The van der Waals surface area contributed by atoms with Crippen LogP contribution in [0, 0.1) is 11.6 Å². The van der Waals surface area contributed by atoms with Crippen LogP contribution >= 0.6 is 0 Å². The van der Waals surface area contributed by atoms with Crippen molar-refractivity contribution < 1.29 is 13.6 Å². The number of halogens is 2. The van der Waals surface area contributed by atoms with Crippen LogP contribution in [-0.2, 0) is 17.6 Å². The zero-order valence-corrected chi connectivity index (χ0v) is 12.2. The molecule has 0 aliphatic carbocycles. The number of benzene rings is 2. The first-order chi connectivity index (χ1) is 10.6. The number of nitrogens with zero attached hydrogens (tertiary/aromatic N) is 1. The van der Waals surface area contributed by atoms with E-state index in [1.165, 1.54) is 6.07 Å². The fraction of sp³-hybridized carbons (Fsp3) is 0.278. The number of amides is 1. The molecule has 0 spiro atoms. The molecule has 0 radical (unpaired) electrons. The van der Waals surface area contributed by atoms with Crippen molar-refractivity contribution in [1.82, 2.24) is 0 Å². The third kappa shape index (κ3) is 3.01. The average Bonchev–Trinajstić information content (AvgIpc) is 2.54. The molecule has 0 saturated heterocycles. The van der Waals surface area contributed by atoms with Gasteiger partial charge in [-0.05, 0) is 36.5 Å². The molecule has 0 unspecified atom stereocenters. The summed E-state index contributed by atoms with van der Waals surface area (Å²) in [5.74, 6) is -1.80. The normalized spacial score (nSPS) is 13.8. The molecular formula is C18H17F2NO. The molecule has 4 heteroatoms. The summed E-state index contributed by atoms with van der Waals surface area (Å²) < 4.78 is 26.8. The van der Waals surface area contributed by atoms with Gasteiger partial charge in [0, 0.05) is 24.7 Å². The quantitative estimate of drug-likeness (QED) is 0.842. The minimum Gasteiger partial charge on any atom is -0.312 e. The second kappa shape index (κ2) is 6.26. The number of rotatable bonds is 3. The topological polar surface area (TPSA) is 20.3 Å². The van der Waals surface area contributed by atoms with Gasteiger partial charge >= 0.3 is 0 Å². The number of fused-ring (bicyclic) bond motifs is 1. The van der Waals surface area contributed by atoms with Gasteiger partial charge in [-0.15, -0.1) is 0 Å². The lowest BCUT2D eigenvalue weighted by molar-refractivity contribution is -0.118. The predicted molar refractivity (Wildman–Crippen MR) is 81.8 cm³/mol. The fourth-order valence-electron chi connectivity index (χ4n) is 2.87. The molecule has 0 aromatic heterocycles. The van der Waals surface area contributed by atoms with Gasteiger partial charge in [0.05, 0.1) is 0 Å². The van der Waals surface area contributed by atoms with Gasteiger partial charge in [-0.3, -0.25) is 4.79 Å². The molecule has 0 atom stereocenters. The molecular weight excluding hydrogens is 284 g/mol. The fourth-order valence-corrected chi connectivity index (χ4v) is 2.87. The Morgan fingerprint density at radius 2 is 1.82 bits per heavy atom. The SMILES string of the molecule is O=C(CCc1ccccc1)N1CCCc2cc(F)c(F)cc21. The molecule has 0 fully saturated rings. The van der Waals surface area contributed by atoms with Crippen molar-refractivity contribution in [1.29, 1.82) is 0 Å². The van der Waals surface area contributed by atoms with Crippen molar-refractivity contribution in [2.45, 2.75) is 25.7 Å². The maximum atomic E-state index is 13.5. The minimum absolute atomic E-state index is 0.0455. The summed E-state index contributed by atoms with van der Waals surface area (Å²) in [4.78, 5) is 14.0. The van der Waals surface area contributed by atoms with Gasteiger partial charge in [-0.25, -0.2) is 8.78 Å². The van der Waals surface area contributed by atoms with Gasteiger partial charge < -0.3 is 4.90 Å². The Morgan fingerprint density at radius 1 is 1.09 bits per heavy atom. The second-order valence-corrected chi connectivity index (χ2v) is 5.53. The third-order valence-corrected chi connectivity index (χ3v) is 4.01. The maximum absolute atomic E-state index is 13.5. The van der Waals surface area contributed by atoms with Crippen molar-refractivity contribution in [2.24, 2.45) is 0 Å². The lowest BCUT2D eigenvalue weighted by Gasteiger charge is -2.29. The van der Waals surface area contributed by atoms with Crippen molar-refractivity contribution in [3.05, 3.63) is 65.2 Å². The Hall–Kier alpha value is -2.23. The Bertz CT molecular complexity index is 685. The standard InChI is InChI=1S/C18H17F2NO/c19-15-11-14-7-4-10-21(17(14)12-16(15)20)18(22)9-8-13-5-2-1-3-6-13/h1-3,5-6,11-12H,4,7-10H2. The van der Waals surface area contributed by atoms with Crippen LogP contribution in [-0.4, -0.2) is 12.5 Å². The lowest BCUT2D eigenvalue weighted by Crippen LogP contribution is -2.35. The van der Waals surface area contributed by atoms with Crippen LogP contribution in [0.5, 0.6) is 0 Å². The molecule has 3 rings (SSSR count). The molecule has 1 amide bonds. The van der Waals surface area contributed by atoms with Crippen molar-refractivity contribution in [2.75, 3.05) is 11.4 Å². The molecule has 0 N–H and O–H groups in total. The van der Waals surface area contributed by atoms with E-state index in [2.05, 4.69) is 0 Å². The highest BCUT2D eigenvalue weighted by Crippen LogP contribution is 2.30. The van der Waals surface area contributed by atoms with Crippen molar-refractivity contribution in [3.63, 3.8) is 0 Å². The van der Waals surface area contributed by atoms with E-state index < -0.39 is 11.6 Å². The third-order valence-electron chi connectivity index (χ3n) is 4.01. The first kappa shape index (κ1) is 14.7. The van der Waals surface area contributed by atoms with E-state index in [1.54, 1.807) is 4.90 Å². The molecule has 1 aliphatic rings. The number of anilines is 1. The highest BCUT2D eigenvalue weighted by atomic mass is 19.2. The van der Waals surface area contributed by atoms with E-state index in [4.69, 9.17) is 0 Å². The Labute approximate surface area is 128 Å². The summed E-state index contributed by atoms with van der Waals surface area (Å²) in [5.41, 5.74) is 2.32. The van der Waals surface area contributed by atoms with E-state index >= 15 is 0 Å². The van der Waals surface area contributed by atoms with Gasteiger partial charge in [-0.1, -0.05) is 30.3 Å². The monoisotopic (exact) mass is 301 g/mol. The Balaban J connectivity index is 1.76. The van der Waals surface area contributed by atoms with Crippen molar-refractivity contribution in [3.8, 4) is 0 Å². The van der Waals surface area contributed by atoms with Gasteiger partial charge in [0.1, 0.15) is 0 Å². The molecule has 22 heavy (non-hydrogen) atoms. The molecule has 114 valence electrons. The second-order valence-electron chi connectivity index (χ2n) is 5.53. The lowest BCUT2D eigenvalue weighted by atomic mass is 10.0. The highest BCUT2D eigenvalue weighted by Gasteiger charge is 2.24. The number of hydrogen-bond acceptors (Lipinski definition) is 1. The van der Waals surface area contributed by atoms with Crippen LogP contribution in [0.4, 0.5) is 14.5 Å². The number of hydrogen-bond donors (Lipinski definition) is 0. The smallest absolute Gasteiger partial charge is 0.227 e. The van der Waals surface area contributed by atoms with Crippen LogP contribution in [0.25, 0.3) is 0 Å². The van der Waals surface area contributed by atoms with Crippen LogP contribution in [0.15, 0.2) is 42.5 Å². The van der Waals surface area contributed by atoms with Gasteiger partial charge in [-0.2, -0.15) is 0 Å². The average molecular weight is 301 g/mol. The van der Waals surface area contributed by atoms with Crippen molar-refractivity contribution >= 4 is 11.6 Å². The number of carbonyl (C=O) groups is 1. The van der Waals surface area contributed by atoms with E-state index in [1.807, 2.05) is 30.3 Å². The summed E-state index contributed by atoms with van der Waals surface area (Å²) in [5, 5.41) is 0. The number of aryl methyl sites for hydroxylation is 2. The Kier molecular flexibility index (Phi) is 4.18. The van der Waals surface area contributed by atoms with Crippen LogP contribution in [0.1, 0.15) is 24.0 Å². The summed E-state index contributed by atoms with van der Waals surface area (Å²) in [7, 11) is 0. The first-order valence-electron chi connectivity index (χ1n) is 7.47. The van der Waals surface area contributed by atoms with Crippen LogP contribution in [0.3, 0.4) is 0 Å². The predicted octanol–water partition coefficient (Wildman–Crippen LogP) is 3.88. The molecule has 1 aliphatic heterocycles. The van der Waals surface area contributed by atoms with Crippen LogP contribution in [0.2, 0.25) is 0 Å². The maximum Gasteiger partial charge on any atom is 0.227 e. The molecule has 2 nitrogen and oxygen atoms in total. The minimum atomic E-state index is -0.901. The molecule has 1 heterocycles. The molecule has 2 aromatic carbocycles. The van der Waals surface area contributed by atoms with E-state index in [0.29, 0.717) is 37.1 Å². The summed E-state index contributed by atoms with van der Waals surface area (Å²) >= 11 is 0. The molecule has 0 saturated carbocycles. The largest absolute Gasteiger partial charge is 0.312 e. The molecule has 2 aromatic rings. The van der Waals surface area contributed by atoms with Crippen LogP contribution < -0.4 is 4.90 Å². The van der Waals surface area contributed by atoms with Gasteiger partial charge in [0.15, 0.2) is 11.6 Å². The Morgan fingerprint density at radius 3 is 2.59 bits per heavy atom. The number of carbonyl (C=O) groups excluding carboxylic acids is 1. The molecule has 0 bridgehead atoms. The van der Waals surface area contributed by atoms with E-state index in [-0.39, 0.29) is 5.91 Å². The highest BCUT2D eigenvalue weighted by molar-refractivity contribution is 5.94.